The summed E-state index contributed by atoms with van der Waals surface area (Å²) in [5.41, 5.74) is 2.51. The number of hydrogen-bond donors (Lipinski definition) is 2. The minimum atomic E-state index is -0.300. The Morgan fingerprint density at radius 1 is 1.36 bits per heavy atom. The first-order valence-corrected chi connectivity index (χ1v) is 5.25. The summed E-state index contributed by atoms with van der Waals surface area (Å²) < 4.78 is 5.72. The molecule has 4 heteroatoms. The Morgan fingerprint density at radius 3 is 2.36 bits per heavy atom. The molecule has 0 aliphatic heterocycles. The van der Waals surface area contributed by atoms with Crippen molar-refractivity contribution in [3.63, 3.8) is 0 Å². The molecule has 0 spiro atoms. The summed E-state index contributed by atoms with van der Waals surface area (Å²) in [6, 6.07) is 0. The van der Waals surface area contributed by atoms with E-state index >= 15 is 0 Å². The van der Waals surface area contributed by atoms with Gasteiger partial charge >= 0.3 is 0 Å². The first-order valence-electron chi connectivity index (χ1n) is 5.25. The summed E-state index contributed by atoms with van der Waals surface area (Å²) in [5.74, 6) is 0. The van der Waals surface area contributed by atoms with Crippen molar-refractivity contribution in [2.45, 2.75) is 52.4 Å². The Morgan fingerprint density at radius 2 is 1.93 bits per heavy atom. The molecule has 0 aliphatic carbocycles. The molecule has 0 heterocycles. The third kappa shape index (κ3) is 5.54. The van der Waals surface area contributed by atoms with Crippen molar-refractivity contribution >= 4 is 0 Å². The zero-order valence-electron chi connectivity index (χ0n) is 9.67. The van der Waals surface area contributed by atoms with Crippen LogP contribution in [0, 0.1) is 0 Å². The van der Waals surface area contributed by atoms with E-state index in [1.165, 1.54) is 0 Å². The largest absolute Gasteiger partial charge is 0.395 e. The van der Waals surface area contributed by atoms with Crippen LogP contribution in [0.25, 0.3) is 0 Å². The average Bonchev–Trinajstić information content (AvgIpc) is 2.18. The summed E-state index contributed by atoms with van der Waals surface area (Å²) in [7, 11) is 0. The SMILES string of the molecule is CCC(C)(CC)OC(C)ONCCO. The van der Waals surface area contributed by atoms with Gasteiger partial charge in [-0.3, -0.25) is 4.84 Å². The van der Waals surface area contributed by atoms with Gasteiger partial charge in [0.05, 0.1) is 12.2 Å². The van der Waals surface area contributed by atoms with Crippen molar-refractivity contribution < 1.29 is 14.7 Å². The molecule has 14 heavy (non-hydrogen) atoms. The fraction of sp³-hybridized carbons (Fsp3) is 1.00. The highest BCUT2D eigenvalue weighted by molar-refractivity contribution is 4.70. The zero-order valence-corrected chi connectivity index (χ0v) is 9.67. The predicted molar refractivity (Wildman–Crippen MR) is 55.7 cm³/mol. The lowest BCUT2D eigenvalue weighted by molar-refractivity contribution is -0.225. The Balaban J connectivity index is 3.73. The fourth-order valence-corrected chi connectivity index (χ4v) is 1.06. The molecule has 0 bridgehead atoms. The van der Waals surface area contributed by atoms with E-state index in [4.69, 9.17) is 14.7 Å². The second-order valence-corrected chi connectivity index (χ2v) is 3.58. The number of aliphatic hydroxyl groups excluding tert-OH is 1. The summed E-state index contributed by atoms with van der Waals surface area (Å²) in [4.78, 5) is 5.15. The van der Waals surface area contributed by atoms with Gasteiger partial charge in [-0.25, -0.2) is 0 Å². The molecule has 4 nitrogen and oxygen atoms in total. The Labute approximate surface area is 86.5 Å². The van der Waals surface area contributed by atoms with Gasteiger partial charge in [0, 0.05) is 6.54 Å². The highest BCUT2D eigenvalue weighted by Crippen LogP contribution is 2.21. The Hall–Kier alpha value is -0.160. The van der Waals surface area contributed by atoms with E-state index in [0.29, 0.717) is 6.54 Å². The molecule has 0 saturated carbocycles. The van der Waals surface area contributed by atoms with Crippen LogP contribution in [0.1, 0.15) is 40.5 Å². The van der Waals surface area contributed by atoms with Crippen molar-refractivity contribution in [1.82, 2.24) is 5.48 Å². The molecule has 1 unspecified atom stereocenters. The lowest BCUT2D eigenvalue weighted by Gasteiger charge is -2.30. The van der Waals surface area contributed by atoms with Crippen LogP contribution in [0.4, 0.5) is 0 Å². The van der Waals surface area contributed by atoms with Crippen LogP contribution < -0.4 is 5.48 Å². The van der Waals surface area contributed by atoms with Crippen molar-refractivity contribution in [3.8, 4) is 0 Å². The monoisotopic (exact) mass is 205 g/mol. The standard InChI is InChI=1S/C10H23NO3/c1-5-10(4,6-2)13-9(3)14-11-7-8-12/h9,11-12H,5-8H2,1-4H3. The van der Waals surface area contributed by atoms with Crippen LogP contribution in [0.5, 0.6) is 0 Å². The summed E-state index contributed by atoms with van der Waals surface area (Å²) in [6.45, 7) is 8.58. The van der Waals surface area contributed by atoms with Crippen LogP contribution in [0.15, 0.2) is 0 Å². The lowest BCUT2D eigenvalue weighted by Crippen LogP contribution is -2.35. The molecule has 2 N–H and O–H groups in total. The lowest BCUT2D eigenvalue weighted by atomic mass is 10.0. The van der Waals surface area contributed by atoms with Crippen LogP contribution in [0.2, 0.25) is 0 Å². The number of ether oxygens (including phenoxy) is 1. The summed E-state index contributed by atoms with van der Waals surface area (Å²) in [5, 5.41) is 8.52. The van der Waals surface area contributed by atoms with Crippen LogP contribution in [-0.2, 0) is 9.57 Å². The molecule has 0 fully saturated rings. The molecule has 0 radical (unpaired) electrons. The molecule has 0 aromatic carbocycles. The highest BCUT2D eigenvalue weighted by atomic mass is 16.8. The Bertz CT molecular complexity index is 137. The van der Waals surface area contributed by atoms with E-state index in [1.807, 2.05) is 6.92 Å². The van der Waals surface area contributed by atoms with E-state index in [2.05, 4.69) is 26.3 Å². The molecule has 0 saturated heterocycles. The molecular weight excluding hydrogens is 182 g/mol. The maximum Gasteiger partial charge on any atom is 0.175 e. The predicted octanol–water partition coefficient (Wildman–Crippen LogP) is 1.44. The second kappa shape index (κ2) is 7.17. The first-order chi connectivity index (χ1) is 6.58. The molecule has 86 valence electrons. The van der Waals surface area contributed by atoms with Crippen molar-refractivity contribution in [1.29, 1.82) is 0 Å². The summed E-state index contributed by atoms with van der Waals surface area (Å²) in [6.07, 6.45) is 1.61. The molecule has 0 aromatic rings. The second-order valence-electron chi connectivity index (χ2n) is 3.58. The van der Waals surface area contributed by atoms with E-state index in [0.717, 1.165) is 12.8 Å². The van der Waals surface area contributed by atoms with E-state index < -0.39 is 0 Å². The van der Waals surface area contributed by atoms with Gasteiger partial charge in [0.1, 0.15) is 0 Å². The zero-order chi connectivity index (χ0) is 11.0. The number of rotatable bonds is 8. The van der Waals surface area contributed by atoms with Gasteiger partial charge in [-0.05, 0) is 26.7 Å². The van der Waals surface area contributed by atoms with E-state index in [-0.39, 0.29) is 18.5 Å². The average molecular weight is 205 g/mol. The number of aliphatic hydroxyl groups is 1. The topological polar surface area (TPSA) is 50.7 Å². The fourth-order valence-electron chi connectivity index (χ4n) is 1.06. The van der Waals surface area contributed by atoms with Gasteiger partial charge in [0.25, 0.3) is 0 Å². The van der Waals surface area contributed by atoms with Crippen LogP contribution in [0.3, 0.4) is 0 Å². The number of hydrogen-bond acceptors (Lipinski definition) is 4. The first kappa shape index (κ1) is 13.8. The van der Waals surface area contributed by atoms with Gasteiger partial charge in [0.15, 0.2) is 6.29 Å². The minimum absolute atomic E-state index is 0.0611. The molecule has 0 amide bonds. The van der Waals surface area contributed by atoms with Crippen LogP contribution >= 0.6 is 0 Å². The normalized spacial score (nSPS) is 14.4. The molecule has 1 atom stereocenters. The molecule has 0 aliphatic rings. The third-order valence-electron chi connectivity index (χ3n) is 2.41. The van der Waals surface area contributed by atoms with Crippen molar-refractivity contribution in [2.75, 3.05) is 13.2 Å². The number of hydroxylamine groups is 1. The smallest absolute Gasteiger partial charge is 0.175 e. The van der Waals surface area contributed by atoms with Crippen LogP contribution in [-0.4, -0.2) is 30.1 Å². The van der Waals surface area contributed by atoms with Gasteiger partial charge in [-0.15, -0.1) is 0 Å². The van der Waals surface area contributed by atoms with Gasteiger partial charge in [0.2, 0.25) is 0 Å². The minimum Gasteiger partial charge on any atom is -0.395 e. The number of nitrogens with one attached hydrogen (secondary N) is 1. The van der Waals surface area contributed by atoms with E-state index in [1.54, 1.807) is 0 Å². The summed E-state index contributed by atoms with van der Waals surface area (Å²) >= 11 is 0. The molecular formula is C10H23NO3. The van der Waals surface area contributed by atoms with Gasteiger partial charge in [-0.2, -0.15) is 5.48 Å². The Kier molecular flexibility index (Phi) is 7.09. The maximum atomic E-state index is 8.52. The highest BCUT2D eigenvalue weighted by Gasteiger charge is 2.23. The van der Waals surface area contributed by atoms with Crippen molar-refractivity contribution in [2.24, 2.45) is 0 Å². The maximum absolute atomic E-state index is 8.52. The molecule has 0 rings (SSSR count). The van der Waals surface area contributed by atoms with Crippen molar-refractivity contribution in [3.05, 3.63) is 0 Å². The molecule has 0 aromatic heterocycles. The third-order valence-corrected chi connectivity index (χ3v) is 2.41. The van der Waals surface area contributed by atoms with E-state index in [9.17, 15) is 0 Å². The van der Waals surface area contributed by atoms with Gasteiger partial charge < -0.3 is 9.84 Å². The quantitative estimate of drug-likeness (QED) is 0.358. The van der Waals surface area contributed by atoms with Gasteiger partial charge in [-0.1, -0.05) is 13.8 Å².